The lowest BCUT2D eigenvalue weighted by Gasteiger charge is -2.34. The maximum atomic E-state index is 13.8. The van der Waals surface area contributed by atoms with Crippen LogP contribution in [0, 0.1) is 20.8 Å². The minimum atomic E-state index is -1.09. The van der Waals surface area contributed by atoms with Gasteiger partial charge in [-0.1, -0.05) is 30.3 Å². The molecular weight excluding hydrogens is 490 g/mol. The molecule has 9 heteroatoms. The molecule has 0 spiro atoms. The van der Waals surface area contributed by atoms with Crippen LogP contribution >= 0.6 is 12.6 Å². The van der Waals surface area contributed by atoms with Crippen molar-refractivity contribution < 1.29 is 24.2 Å². The minimum Gasteiger partial charge on any atom is -0.508 e. The number of phenols is 1. The zero-order valence-corrected chi connectivity index (χ0v) is 23.2. The fraction of sp³-hybridized carbons (Fsp3) is 0.393. The summed E-state index contributed by atoms with van der Waals surface area (Å²) in [5.41, 5.74) is 2.67. The van der Waals surface area contributed by atoms with E-state index < -0.39 is 35.6 Å². The number of nitrogens with zero attached hydrogens (tertiary/aromatic N) is 1. The lowest BCUT2D eigenvalue weighted by atomic mass is 9.99. The van der Waals surface area contributed by atoms with Gasteiger partial charge in [0, 0.05) is 18.0 Å². The Morgan fingerprint density at radius 2 is 1.73 bits per heavy atom. The van der Waals surface area contributed by atoms with E-state index in [0.717, 1.165) is 11.1 Å². The summed E-state index contributed by atoms with van der Waals surface area (Å²) in [7, 11) is 0. The molecule has 0 radical (unpaired) electrons. The van der Waals surface area contributed by atoms with Crippen LogP contribution < -0.4 is 10.6 Å². The predicted molar refractivity (Wildman–Crippen MR) is 149 cm³/mol. The number of phenolic OH excluding ortho intramolecular Hbond substituents is 1. The molecule has 2 rings (SSSR count). The number of thiol groups is 1. The zero-order valence-electron chi connectivity index (χ0n) is 22.3. The molecular formula is C28H37N3O5S. The van der Waals surface area contributed by atoms with Crippen molar-refractivity contribution in [2.24, 2.45) is 0 Å². The number of aromatic hydroxyl groups is 1. The number of anilines is 1. The number of hydrogen-bond donors (Lipinski definition) is 4. The van der Waals surface area contributed by atoms with Gasteiger partial charge in [-0.05, 0) is 75.9 Å². The number of alkyl carbamates (subject to hydrolysis) is 1. The molecule has 0 aliphatic heterocycles. The largest absolute Gasteiger partial charge is 0.508 e. The molecule has 0 aliphatic carbocycles. The summed E-state index contributed by atoms with van der Waals surface area (Å²) in [6.45, 7) is 14.4. The summed E-state index contributed by atoms with van der Waals surface area (Å²) >= 11 is 4.27. The van der Waals surface area contributed by atoms with Gasteiger partial charge in [-0.3, -0.25) is 9.59 Å². The summed E-state index contributed by atoms with van der Waals surface area (Å²) in [6, 6.07) is 8.25. The first kappa shape index (κ1) is 29.8. The highest BCUT2D eigenvalue weighted by Gasteiger charge is 2.36. The van der Waals surface area contributed by atoms with Gasteiger partial charge in [0.25, 0.3) is 5.91 Å². The van der Waals surface area contributed by atoms with Crippen LogP contribution in [0.25, 0.3) is 0 Å². The Kier molecular flexibility index (Phi) is 10.2. The van der Waals surface area contributed by atoms with E-state index in [2.05, 4.69) is 29.8 Å². The zero-order chi connectivity index (χ0) is 27.9. The van der Waals surface area contributed by atoms with Crippen LogP contribution in [0.1, 0.15) is 49.1 Å². The SMILES string of the molecule is C=CCN(C(=O)C(CS)NC(=O)OC(C)(C)C)C(C(=O)Nc1c(C)cccc1C)c1ccc(O)c(C)c1. The average Bonchev–Trinajstić information content (AvgIpc) is 2.80. The van der Waals surface area contributed by atoms with Crippen LogP contribution in [0.3, 0.4) is 0 Å². The molecule has 3 amide bonds. The van der Waals surface area contributed by atoms with Crippen LogP contribution in [-0.4, -0.2) is 51.9 Å². The van der Waals surface area contributed by atoms with Crippen molar-refractivity contribution in [3.05, 3.63) is 71.3 Å². The number of aryl methyl sites for hydroxylation is 3. The van der Waals surface area contributed by atoms with Crippen molar-refractivity contribution in [3.63, 3.8) is 0 Å². The molecule has 0 saturated heterocycles. The van der Waals surface area contributed by atoms with Crippen LogP contribution in [-0.2, 0) is 14.3 Å². The standard InChI is InChI=1S/C28H37N3O5S/c1-8-14-31(26(34)21(16-37)29-27(35)36-28(5,6)7)24(20-12-13-22(32)19(4)15-20)25(33)30-23-17(2)10-9-11-18(23)3/h8-13,15,21,24,32,37H,1,14,16H2,2-7H3,(H,29,35)(H,30,33). The van der Waals surface area contributed by atoms with Gasteiger partial charge in [-0.2, -0.15) is 12.6 Å². The second kappa shape index (κ2) is 12.7. The van der Waals surface area contributed by atoms with Crippen molar-refractivity contribution in [3.8, 4) is 5.75 Å². The highest BCUT2D eigenvalue weighted by Crippen LogP contribution is 2.29. The number of benzene rings is 2. The molecule has 2 unspecified atom stereocenters. The van der Waals surface area contributed by atoms with Crippen LogP contribution in [0.4, 0.5) is 10.5 Å². The third-order valence-corrected chi connectivity index (χ3v) is 5.97. The smallest absolute Gasteiger partial charge is 0.408 e. The monoisotopic (exact) mass is 527 g/mol. The van der Waals surface area contributed by atoms with Crippen molar-refractivity contribution in [2.45, 2.75) is 59.2 Å². The summed E-state index contributed by atoms with van der Waals surface area (Å²) < 4.78 is 5.30. The number of carbonyl (C=O) groups excluding carboxylic acids is 3. The summed E-state index contributed by atoms with van der Waals surface area (Å²) in [4.78, 5) is 41.3. The Balaban J connectivity index is 2.53. The Labute approximate surface area is 224 Å². The van der Waals surface area contributed by atoms with Gasteiger partial charge in [-0.25, -0.2) is 4.79 Å². The number of nitrogens with one attached hydrogen (secondary N) is 2. The lowest BCUT2D eigenvalue weighted by Crippen LogP contribution is -2.53. The number of ether oxygens (including phenoxy) is 1. The number of rotatable bonds is 9. The first-order chi connectivity index (χ1) is 17.3. The normalized spacial score (nSPS) is 12.7. The topological polar surface area (TPSA) is 108 Å². The summed E-state index contributed by atoms with van der Waals surface area (Å²) in [5, 5.41) is 15.6. The molecule has 0 fully saturated rings. The average molecular weight is 528 g/mol. The van der Waals surface area contributed by atoms with E-state index in [4.69, 9.17) is 4.74 Å². The van der Waals surface area contributed by atoms with Crippen molar-refractivity contribution in [1.29, 1.82) is 0 Å². The highest BCUT2D eigenvalue weighted by atomic mass is 32.1. The van der Waals surface area contributed by atoms with E-state index in [-0.39, 0.29) is 18.0 Å². The van der Waals surface area contributed by atoms with Crippen molar-refractivity contribution in [2.75, 3.05) is 17.6 Å². The molecule has 0 aliphatic rings. The predicted octanol–water partition coefficient (Wildman–Crippen LogP) is 4.83. The Hall–Kier alpha value is -3.46. The van der Waals surface area contributed by atoms with E-state index in [1.807, 2.05) is 32.0 Å². The van der Waals surface area contributed by atoms with Gasteiger partial charge in [-0.15, -0.1) is 6.58 Å². The van der Waals surface area contributed by atoms with Gasteiger partial charge in [0.1, 0.15) is 23.4 Å². The molecule has 200 valence electrons. The van der Waals surface area contributed by atoms with E-state index in [0.29, 0.717) is 16.8 Å². The molecule has 3 N–H and O–H groups in total. The number of amides is 3. The highest BCUT2D eigenvalue weighted by molar-refractivity contribution is 7.80. The summed E-state index contributed by atoms with van der Waals surface area (Å²) in [5.74, 6) is -0.939. The molecule has 2 aromatic carbocycles. The molecule has 0 heterocycles. The third kappa shape index (κ3) is 8.01. The van der Waals surface area contributed by atoms with Gasteiger partial charge >= 0.3 is 6.09 Å². The van der Waals surface area contributed by atoms with Crippen LogP contribution in [0.15, 0.2) is 49.1 Å². The molecule has 0 aromatic heterocycles. The number of carbonyl (C=O) groups is 3. The first-order valence-electron chi connectivity index (χ1n) is 12.0. The number of para-hydroxylation sites is 1. The molecule has 8 nitrogen and oxygen atoms in total. The van der Waals surface area contributed by atoms with Gasteiger partial charge in [0.05, 0.1) is 0 Å². The molecule has 0 bridgehead atoms. The molecule has 37 heavy (non-hydrogen) atoms. The first-order valence-corrected chi connectivity index (χ1v) is 12.6. The van der Waals surface area contributed by atoms with Gasteiger partial charge in [0.15, 0.2) is 0 Å². The van der Waals surface area contributed by atoms with E-state index in [9.17, 15) is 19.5 Å². The quantitative estimate of drug-likeness (QED) is 0.276. The maximum Gasteiger partial charge on any atom is 0.408 e. The maximum absolute atomic E-state index is 13.8. The molecule has 2 atom stereocenters. The lowest BCUT2D eigenvalue weighted by molar-refractivity contribution is -0.139. The fourth-order valence-electron chi connectivity index (χ4n) is 3.82. The van der Waals surface area contributed by atoms with E-state index in [1.165, 1.54) is 17.0 Å². The number of hydrogen-bond acceptors (Lipinski definition) is 6. The van der Waals surface area contributed by atoms with Gasteiger partial charge in [0.2, 0.25) is 5.91 Å². The minimum absolute atomic E-state index is 0.0177. The van der Waals surface area contributed by atoms with Crippen molar-refractivity contribution >= 4 is 36.2 Å². The second-order valence-corrected chi connectivity index (χ2v) is 10.2. The Morgan fingerprint density at radius 1 is 1.11 bits per heavy atom. The van der Waals surface area contributed by atoms with E-state index in [1.54, 1.807) is 39.8 Å². The van der Waals surface area contributed by atoms with E-state index >= 15 is 0 Å². The van der Waals surface area contributed by atoms with Crippen molar-refractivity contribution in [1.82, 2.24) is 10.2 Å². The Morgan fingerprint density at radius 3 is 2.24 bits per heavy atom. The molecule has 0 saturated carbocycles. The second-order valence-electron chi connectivity index (χ2n) is 9.87. The van der Waals surface area contributed by atoms with Crippen LogP contribution in [0.5, 0.6) is 5.75 Å². The summed E-state index contributed by atoms with van der Waals surface area (Å²) in [6.07, 6.45) is 0.739. The third-order valence-electron chi connectivity index (χ3n) is 5.61. The van der Waals surface area contributed by atoms with Gasteiger partial charge < -0.3 is 25.4 Å². The van der Waals surface area contributed by atoms with Crippen LogP contribution in [0.2, 0.25) is 0 Å². The Bertz CT molecular complexity index is 1140. The molecule has 2 aromatic rings. The fourth-order valence-corrected chi connectivity index (χ4v) is 4.07.